The molecule has 0 radical (unpaired) electrons. The number of hydrogen-bond acceptors (Lipinski definition) is 4. The lowest BCUT2D eigenvalue weighted by molar-refractivity contribution is 0.130. The van der Waals surface area contributed by atoms with E-state index in [1.54, 1.807) is 19.2 Å². The lowest BCUT2D eigenvalue weighted by atomic mass is 10.1. The Balaban J connectivity index is 1.94. The second-order valence-corrected chi connectivity index (χ2v) is 5.00. The van der Waals surface area contributed by atoms with E-state index >= 15 is 0 Å². The van der Waals surface area contributed by atoms with Crippen LogP contribution in [0.4, 0.5) is 10.5 Å². The summed E-state index contributed by atoms with van der Waals surface area (Å²) in [7, 11) is 2.97. The number of benzene rings is 2. The van der Waals surface area contributed by atoms with E-state index in [9.17, 15) is 4.79 Å². The Labute approximate surface area is 133 Å². The zero-order valence-electron chi connectivity index (χ0n) is 12.9. The first kappa shape index (κ1) is 15.1. The van der Waals surface area contributed by atoms with E-state index in [1.165, 1.54) is 7.11 Å². The number of H-pyrrole nitrogens is 1. The number of aromatic nitrogens is 2. The molecule has 0 fully saturated rings. The van der Waals surface area contributed by atoms with E-state index in [-0.39, 0.29) is 6.10 Å². The fraction of sp³-hybridized carbons (Fsp3) is 0.176. The van der Waals surface area contributed by atoms with Crippen molar-refractivity contribution in [2.45, 2.75) is 6.10 Å². The Kier molecular flexibility index (Phi) is 4.25. The lowest BCUT2D eigenvalue weighted by Gasteiger charge is -2.12. The van der Waals surface area contributed by atoms with Crippen LogP contribution in [-0.2, 0) is 9.47 Å². The van der Waals surface area contributed by atoms with Crippen LogP contribution in [0.5, 0.6) is 0 Å². The first-order valence-corrected chi connectivity index (χ1v) is 7.13. The van der Waals surface area contributed by atoms with Gasteiger partial charge in [0, 0.05) is 12.8 Å². The first-order valence-electron chi connectivity index (χ1n) is 7.13. The molecule has 0 aliphatic heterocycles. The second kappa shape index (κ2) is 6.50. The van der Waals surface area contributed by atoms with Crippen LogP contribution in [0.15, 0.2) is 48.5 Å². The van der Waals surface area contributed by atoms with Gasteiger partial charge in [-0.1, -0.05) is 30.3 Å². The van der Waals surface area contributed by atoms with Gasteiger partial charge in [0.15, 0.2) is 0 Å². The number of nitrogens with one attached hydrogen (secondary N) is 2. The lowest BCUT2D eigenvalue weighted by Crippen LogP contribution is -2.10. The van der Waals surface area contributed by atoms with Crippen LogP contribution in [-0.4, -0.2) is 30.3 Å². The standard InChI is InChI=1S/C17H17N3O3/c1-22-15(11-6-4-3-5-7-11)16-19-13-9-8-12(10-14(13)20-16)18-17(21)23-2/h3-10,15H,1-2H3,(H,18,21)(H,19,20). The Hall–Kier alpha value is -2.86. The predicted molar refractivity (Wildman–Crippen MR) is 87.4 cm³/mol. The monoisotopic (exact) mass is 311 g/mol. The number of aromatic amines is 1. The number of fused-ring (bicyclic) bond motifs is 1. The van der Waals surface area contributed by atoms with Crippen LogP contribution in [0.25, 0.3) is 11.0 Å². The van der Waals surface area contributed by atoms with Crippen LogP contribution in [0.3, 0.4) is 0 Å². The maximum atomic E-state index is 11.3. The Morgan fingerprint density at radius 2 is 1.96 bits per heavy atom. The third kappa shape index (κ3) is 3.17. The van der Waals surface area contributed by atoms with E-state index in [1.807, 2.05) is 36.4 Å². The van der Waals surface area contributed by atoms with Crippen molar-refractivity contribution < 1.29 is 14.3 Å². The van der Waals surface area contributed by atoms with Gasteiger partial charge in [0.25, 0.3) is 0 Å². The minimum atomic E-state index is -0.511. The summed E-state index contributed by atoms with van der Waals surface area (Å²) in [5, 5.41) is 2.63. The van der Waals surface area contributed by atoms with Crippen molar-refractivity contribution >= 4 is 22.8 Å². The summed E-state index contributed by atoms with van der Waals surface area (Å²) in [6.45, 7) is 0. The molecule has 118 valence electrons. The quantitative estimate of drug-likeness (QED) is 0.773. The number of rotatable bonds is 4. The summed E-state index contributed by atoms with van der Waals surface area (Å²) < 4.78 is 10.2. The zero-order chi connectivity index (χ0) is 16.2. The predicted octanol–water partition coefficient (Wildman–Crippen LogP) is 3.48. The van der Waals surface area contributed by atoms with Crippen molar-refractivity contribution in [3.8, 4) is 0 Å². The summed E-state index contributed by atoms with van der Waals surface area (Å²) in [5.41, 5.74) is 3.26. The van der Waals surface area contributed by atoms with E-state index in [4.69, 9.17) is 4.74 Å². The number of amides is 1. The van der Waals surface area contributed by atoms with Crippen molar-refractivity contribution in [2.24, 2.45) is 0 Å². The number of methoxy groups -OCH3 is 2. The summed E-state index contributed by atoms with van der Waals surface area (Å²) >= 11 is 0. The number of nitrogens with zero attached hydrogens (tertiary/aromatic N) is 1. The molecule has 1 unspecified atom stereocenters. The molecule has 0 bridgehead atoms. The van der Waals surface area contributed by atoms with E-state index in [0.717, 1.165) is 16.6 Å². The van der Waals surface area contributed by atoms with Crippen molar-refractivity contribution in [1.82, 2.24) is 9.97 Å². The zero-order valence-corrected chi connectivity index (χ0v) is 12.9. The van der Waals surface area contributed by atoms with Gasteiger partial charge >= 0.3 is 6.09 Å². The van der Waals surface area contributed by atoms with Crippen LogP contribution < -0.4 is 5.32 Å². The van der Waals surface area contributed by atoms with Crippen LogP contribution in [0.1, 0.15) is 17.5 Å². The average molecular weight is 311 g/mol. The summed E-state index contributed by atoms with van der Waals surface area (Å²) in [4.78, 5) is 19.1. The maximum Gasteiger partial charge on any atom is 0.411 e. The third-order valence-corrected chi connectivity index (χ3v) is 3.52. The van der Waals surface area contributed by atoms with Gasteiger partial charge in [-0.05, 0) is 23.8 Å². The highest BCUT2D eigenvalue weighted by atomic mass is 16.5. The molecule has 1 amide bonds. The fourth-order valence-electron chi connectivity index (χ4n) is 2.43. The summed E-state index contributed by atoms with van der Waals surface area (Å²) in [5.74, 6) is 0.712. The molecule has 3 rings (SSSR count). The van der Waals surface area contributed by atoms with Gasteiger partial charge in [0.2, 0.25) is 0 Å². The largest absolute Gasteiger partial charge is 0.453 e. The molecule has 1 aromatic heterocycles. The molecule has 0 aliphatic carbocycles. The summed E-state index contributed by atoms with van der Waals surface area (Å²) in [6.07, 6.45) is -0.788. The number of carbonyl (C=O) groups is 1. The van der Waals surface area contributed by atoms with Gasteiger partial charge in [0.05, 0.1) is 18.1 Å². The molecule has 6 heteroatoms. The van der Waals surface area contributed by atoms with Crippen LogP contribution >= 0.6 is 0 Å². The van der Waals surface area contributed by atoms with Crippen LogP contribution in [0, 0.1) is 0 Å². The molecule has 0 spiro atoms. The molecule has 0 aliphatic rings. The number of anilines is 1. The van der Waals surface area contributed by atoms with Crippen molar-refractivity contribution in [1.29, 1.82) is 0 Å². The number of ether oxygens (including phenoxy) is 2. The summed E-state index contributed by atoms with van der Waals surface area (Å²) in [6, 6.07) is 15.3. The number of imidazole rings is 1. The molecule has 1 heterocycles. The highest BCUT2D eigenvalue weighted by molar-refractivity contribution is 5.88. The minimum Gasteiger partial charge on any atom is -0.453 e. The average Bonchev–Trinajstić information content (AvgIpc) is 2.99. The van der Waals surface area contributed by atoms with Crippen LogP contribution in [0.2, 0.25) is 0 Å². The normalized spacial score (nSPS) is 12.1. The molecule has 2 aromatic carbocycles. The Morgan fingerprint density at radius 3 is 2.65 bits per heavy atom. The number of carbonyl (C=O) groups excluding carboxylic acids is 1. The molecule has 3 aromatic rings. The Bertz CT molecular complexity index is 814. The van der Waals surface area contributed by atoms with Gasteiger partial charge in [-0.15, -0.1) is 0 Å². The van der Waals surface area contributed by atoms with Crippen molar-refractivity contribution in [3.63, 3.8) is 0 Å². The minimum absolute atomic E-state index is 0.277. The van der Waals surface area contributed by atoms with E-state index in [0.29, 0.717) is 11.5 Å². The van der Waals surface area contributed by atoms with Crippen molar-refractivity contribution in [3.05, 3.63) is 59.9 Å². The molecular weight excluding hydrogens is 294 g/mol. The fourth-order valence-corrected chi connectivity index (χ4v) is 2.43. The SMILES string of the molecule is COC(=O)Nc1ccc2nc(C(OC)c3ccccc3)[nH]c2c1. The van der Waals surface area contributed by atoms with Gasteiger partial charge < -0.3 is 14.5 Å². The third-order valence-electron chi connectivity index (χ3n) is 3.52. The van der Waals surface area contributed by atoms with Gasteiger partial charge in [-0.2, -0.15) is 0 Å². The van der Waals surface area contributed by atoms with Gasteiger partial charge in [-0.25, -0.2) is 9.78 Å². The topological polar surface area (TPSA) is 76.2 Å². The van der Waals surface area contributed by atoms with E-state index < -0.39 is 6.09 Å². The molecule has 23 heavy (non-hydrogen) atoms. The molecule has 2 N–H and O–H groups in total. The molecule has 6 nitrogen and oxygen atoms in total. The second-order valence-electron chi connectivity index (χ2n) is 5.00. The highest BCUT2D eigenvalue weighted by Crippen LogP contribution is 2.26. The van der Waals surface area contributed by atoms with Gasteiger partial charge in [0.1, 0.15) is 11.9 Å². The highest BCUT2D eigenvalue weighted by Gasteiger charge is 2.17. The molecule has 0 saturated heterocycles. The Morgan fingerprint density at radius 1 is 1.17 bits per heavy atom. The molecule has 0 saturated carbocycles. The van der Waals surface area contributed by atoms with Gasteiger partial charge in [-0.3, -0.25) is 5.32 Å². The maximum absolute atomic E-state index is 11.3. The molecule has 1 atom stereocenters. The van der Waals surface area contributed by atoms with E-state index in [2.05, 4.69) is 20.0 Å². The number of hydrogen-bond donors (Lipinski definition) is 2. The first-order chi connectivity index (χ1) is 11.2. The van der Waals surface area contributed by atoms with Crippen molar-refractivity contribution in [2.75, 3.05) is 19.5 Å². The smallest absolute Gasteiger partial charge is 0.411 e. The molecular formula is C17H17N3O3.